The molecule has 1 aromatic carbocycles. The molecule has 4 rings (SSSR count). The van der Waals surface area contributed by atoms with Crippen molar-refractivity contribution in [2.75, 3.05) is 0 Å². The molecule has 2 N–H and O–H groups in total. The normalized spacial score (nSPS) is 12.1. The van der Waals surface area contributed by atoms with Crippen LogP contribution in [0.1, 0.15) is 23.7 Å². The number of pyridine rings is 1. The molecule has 3 heterocycles. The molecule has 8 heteroatoms. The third-order valence-electron chi connectivity index (χ3n) is 4.98. The predicted octanol–water partition coefficient (Wildman–Crippen LogP) is 2.27. The first-order valence-electron chi connectivity index (χ1n) is 9.88. The molecule has 3 aromatic heterocycles. The second-order valence-electron chi connectivity index (χ2n) is 7.44. The Labute approximate surface area is 177 Å². The number of fused-ring (bicyclic) bond motifs is 2. The maximum absolute atomic E-state index is 12.7. The molecular formula is C23H22N4O4. The van der Waals surface area contributed by atoms with Crippen LogP contribution in [0.15, 0.2) is 59.7 Å². The Morgan fingerprint density at radius 3 is 2.84 bits per heavy atom. The summed E-state index contributed by atoms with van der Waals surface area (Å²) in [6, 6.07) is 11.8. The van der Waals surface area contributed by atoms with Gasteiger partial charge in [-0.05, 0) is 30.2 Å². The number of carbonyl (C=O) groups excluding carboxylic acids is 2. The first-order chi connectivity index (χ1) is 14.9. The van der Waals surface area contributed by atoms with Gasteiger partial charge in [-0.2, -0.15) is 0 Å². The maximum atomic E-state index is 12.7. The lowest BCUT2D eigenvalue weighted by Crippen LogP contribution is -2.42. The van der Waals surface area contributed by atoms with Crippen LogP contribution in [0.5, 0.6) is 0 Å². The number of benzene rings is 1. The van der Waals surface area contributed by atoms with E-state index in [1.165, 1.54) is 17.4 Å². The van der Waals surface area contributed by atoms with Gasteiger partial charge < -0.3 is 15.0 Å². The number of hydrogen-bond acceptors (Lipinski definition) is 5. The first kappa shape index (κ1) is 20.3. The summed E-state index contributed by atoms with van der Waals surface area (Å²) >= 11 is 0. The van der Waals surface area contributed by atoms with E-state index in [0.29, 0.717) is 11.3 Å². The van der Waals surface area contributed by atoms with Crippen LogP contribution in [0.3, 0.4) is 0 Å². The van der Waals surface area contributed by atoms with E-state index in [-0.39, 0.29) is 24.5 Å². The monoisotopic (exact) mass is 418 g/mol. The number of aromatic amines is 1. The Kier molecular flexibility index (Phi) is 5.53. The predicted molar refractivity (Wildman–Crippen MR) is 116 cm³/mol. The quantitative estimate of drug-likeness (QED) is 0.468. The molecule has 0 aliphatic carbocycles. The average molecular weight is 418 g/mol. The van der Waals surface area contributed by atoms with Crippen LogP contribution in [0.4, 0.5) is 0 Å². The molecule has 0 bridgehead atoms. The second-order valence-corrected chi connectivity index (χ2v) is 7.44. The molecule has 1 atom stereocenters. The number of nitrogens with zero attached hydrogens (tertiary/aromatic N) is 2. The third-order valence-corrected chi connectivity index (χ3v) is 4.98. The Morgan fingerprint density at radius 2 is 2.03 bits per heavy atom. The largest absolute Gasteiger partial charge is 0.458 e. The SMILES string of the molecule is CC(=O)N[C@H](Cc1c[nH]c2ccccc12)C(=O)OCc1cc(=O)n2cc(C)ccc2n1. The highest BCUT2D eigenvalue weighted by atomic mass is 16.5. The summed E-state index contributed by atoms with van der Waals surface area (Å²) in [5.41, 5.74) is 3.34. The molecule has 4 aromatic rings. The molecule has 0 saturated heterocycles. The van der Waals surface area contributed by atoms with Gasteiger partial charge in [-0.1, -0.05) is 24.3 Å². The van der Waals surface area contributed by atoms with E-state index in [1.807, 2.05) is 43.5 Å². The first-order valence-corrected chi connectivity index (χ1v) is 9.88. The number of aromatic nitrogens is 3. The van der Waals surface area contributed by atoms with Crippen molar-refractivity contribution in [2.24, 2.45) is 0 Å². The van der Waals surface area contributed by atoms with Gasteiger partial charge in [0.1, 0.15) is 18.3 Å². The number of esters is 1. The molecule has 1 amide bonds. The number of amides is 1. The van der Waals surface area contributed by atoms with E-state index >= 15 is 0 Å². The summed E-state index contributed by atoms with van der Waals surface area (Å²) < 4.78 is 6.85. The molecular weight excluding hydrogens is 396 g/mol. The minimum Gasteiger partial charge on any atom is -0.458 e. The van der Waals surface area contributed by atoms with Crippen molar-refractivity contribution in [1.82, 2.24) is 19.7 Å². The van der Waals surface area contributed by atoms with Gasteiger partial charge in [0.25, 0.3) is 5.56 Å². The highest BCUT2D eigenvalue weighted by molar-refractivity contribution is 5.86. The van der Waals surface area contributed by atoms with Crippen molar-refractivity contribution in [1.29, 1.82) is 0 Å². The third kappa shape index (κ3) is 4.48. The molecule has 31 heavy (non-hydrogen) atoms. The van der Waals surface area contributed by atoms with Crippen LogP contribution in [0.2, 0.25) is 0 Å². The van der Waals surface area contributed by atoms with Crippen LogP contribution >= 0.6 is 0 Å². The summed E-state index contributed by atoms with van der Waals surface area (Å²) in [4.78, 5) is 44.3. The number of carbonyl (C=O) groups is 2. The molecule has 0 unspecified atom stereocenters. The number of aryl methyl sites for hydroxylation is 1. The number of hydrogen-bond donors (Lipinski definition) is 2. The van der Waals surface area contributed by atoms with E-state index in [2.05, 4.69) is 15.3 Å². The summed E-state index contributed by atoms with van der Waals surface area (Å²) in [5.74, 6) is -0.925. The highest BCUT2D eigenvalue weighted by Crippen LogP contribution is 2.19. The Balaban J connectivity index is 1.51. The van der Waals surface area contributed by atoms with Crippen molar-refractivity contribution >= 4 is 28.4 Å². The van der Waals surface area contributed by atoms with Crippen LogP contribution in [-0.4, -0.2) is 32.3 Å². The molecule has 0 fully saturated rings. The molecule has 0 aliphatic rings. The summed E-state index contributed by atoms with van der Waals surface area (Å²) in [5, 5.41) is 3.63. The van der Waals surface area contributed by atoms with Crippen LogP contribution in [-0.2, 0) is 27.4 Å². The number of ether oxygens (including phenoxy) is 1. The fraction of sp³-hybridized carbons (Fsp3) is 0.217. The van der Waals surface area contributed by atoms with Crippen LogP contribution in [0.25, 0.3) is 16.6 Å². The summed E-state index contributed by atoms with van der Waals surface area (Å²) in [7, 11) is 0. The topological polar surface area (TPSA) is 106 Å². The van der Waals surface area contributed by atoms with E-state index in [1.54, 1.807) is 12.3 Å². The molecule has 158 valence electrons. The van der Waals surface area contributed by atoms with Crippen molar-refractivity contribution in [3.05, 3.63) is 82.0 Å². The Bertz CT molecular complexity index is 1340. The second kappa shape index (κ2) is 8.43. The van der Waals surface area contributed by atoms with Crippen molar-refractivity contribution in [3.8, 4) is 0 Å². The Hall–Kier alpha value is -3.94. The van der Waals surface area contributed by atoms with Gasteiger partial charge >= 0.3 is 5.97 Å². The van der Waals surface area contributed by atoms with Gasteiger partial charge in [0.15, 0.2) is 0 Å². The number of rotatable bonds is 6. The van der Waals surface area contributed by atoms with Gasteiger partial charge in [0, 0.05) is 42.7 Å². The van der Waals surface area contributed by atoms with Gasteiger partial charge in [0.05, 0.1) is 5.69 Å². The zero-order valence-corrected chi connectivity index (χ0v) is 17.2. The van der Waals surface area contributed by atoms with Gasteiger partial charge in [-0.15, -0.1) is 0 Å². The van der Waals surface area contributed by atoms with E-state index in [4.69, 9.17) is 4.74 Å². The summed E-state index contributed by atoms with van der Waals surface area (Å²) in [6.07, 6.45) is 3.80. The molecule has 0 saturated carbocycles. The smallest absolute Gasteiger partial charge is 0.329 e. The fourth-order valence-electron chi connectivity index (χ4n) is 3.54. The van der Waals surface area contributed by atoms with Crippen molar-refractivity contribution < 1.29 is 14.3 Å². The standard InChI is InChI=1S/C23H22N4O4/c1-14-7-8-21-26-17(10-22(29)27(21)12-14)13-31-23(30)20(25-15(2)28)9-16-11-24-19-6-4-3-5-18(16)19/h3-8,10-12,20,24H,9,13H2,1-2H3,(H,25,28)/t20-/m1/s1. The zero-order valence-electron chi connectivity index (χ0n) is 17.2. The minimum atomic E-state index is -0.860. The molecule has 0 aliphatic heterocycles. The van der Waals surface area contributed by atoms with Gasteiger partial charge in [-0.25, -0.2) is 9.78 Å². The lowest BCUT2D eigenvalue weighted by atomic mass is 10.0. The minimum absolute atomic E-state index is 0.164. The van der Waals surface area contributed by atoms with E-state index < -0.39 is 12.0 Å². The van der Waals surface area contributed by atoms with E-state index in [0.717, 1.165) is 22.0 Å². The molecule has 0 spiro atoms. The number of H-pyrrole nitrogens is 1. The number of para-hydroxylation sites is 1. The van der Waals surface area contributed by atoms with Crippen molar-refractivity contribution in [2.45, 2.75) is 32.9 Å². The lowest BCUT2D eigenvalue weighted by molar-refractivity contribution is -0.149. The molecule has 8 nitrogen and oxygen atoms in total. The zero-order chi connectivity index (χ0) is 22.0. The van der Waals surface area contributed by atoms with Crippen molar-refractivity contribution in [3.63, 3.8) is 0 Å². The van der Waals surface area contributed by atoms with Gasteiger partial charge in [-0.3, -0.25) is 14.0 Å². The summed E-state index contributed by atoms with van der Waals surface area (Å²) in [6.45, 7) is 3.07. The molecule has 0 radical (unpaired) electrons. The number of nitrogens with one attached hydrogen (secondary N) is 2. The fourth-order valence-corrected chi connectivity index (χ4v) is 3.54. The van der Waals surface area contributed by atoms with E-state index in [9.17, 15) is 14.4 Å². The van der Waals surface area contributed by atoms with Gasteiger partial charge in [0.2, 0.25) is 5.91 Å². The lowest BCUT2D eigenvalue weighted by Gasteiger charge is -2.16. The van der Waals surface area contributed by atoms with Crippen LogP contribution in [0, 0.1) is 6.92 Å². The maximum Gasteiger partial charge on any atom is 0.329 e. The highest BCUT2D eigenvalue weighted by Gasteiger charge is 2.23. The Morgan fingerprint density at radius 1 is 1.23 bits per heavy atom. The average Bonchev–Trinajstić information content (AvgIpc) is 3.15. The van der Waals surface area contributed by atoms with Crippen LogP contribution < -0.4 is 10.9 Å².